The van der Waals surface area contributed by atoms with Crippen LogP contribution in [0.15, 0.2) is 54.6 Å². The van der Waals surface area contributed by atoms with E-state index in [1.54, 1.807) is 38.1 Å². The molecule has 1 unspecified atom stereocenters. The van der Waals surface area contributed by atoms with Crippen LogP contribution in [0.25, 0.3) is 0 Å². The van der Waals surface area contributed by atoms with Gasteiger partial charge in [0, 0.05) is 12.1 Å². The van der Waals surface area contributed by atoms with E-state index in [1.807, 2.05) is 30.3 Å². The van der Waals surface area contributed by atoms with Crippen molar-refractivity contribution in [2.75, 3.05) is 6.61 Å². The fourth-order valence-corrected chi connectivity index (χ4v) is 2.08. The van der Waals surface area contributed by atoms with Crippen LogP contribution in [0.4, 0.5) is 0 Å². The van der Waals surface area contributed by atoms with Gasteiger partial charge >= 0.3 is 5.97 Å². The van der Waals surface area contributed by atoms with E-state index in [9.17, 15) is 9.59 Å². The van der Waals surface area contributed by atoms with E-state index in [2.05, 4.69) is 5.32 Å². The van der Waals surface area contributed by atoms with Crippen LogP contribution in [0, 0.1) is 0 Å². The minimum Gasteiger partial charge on any atom is -0.479 e. The molecule has 0 saturated heterocycles. The molecule has 0 saturated carbocycles. The van der Waals surface area contributed by atoms with Gasteiger partial charge in [-0.3, -0.25) is 4.79 Å². The summed E-state index contributed by atoms with van der Waals surface area (Å²) in [4.78, 5) is 23.6. The third-order valence-electron chi connectivity index (χ3n) is 3.34. The second-order valence-electron chi connectivity index (χ2n) is 5.20. The summed E-state index contributed by atoms with van der Waals surface area (Å²) in [5.74, 6) is -0.0683. The first kappa shape index (κ1) is 17.5. The Morgan fingerprint density at radius 2 is 1.71 bits per heavy atom. The first-order valence-electron chi connectivity index (χ1n) is 7.85. The standard InChI is InChI=1S/C19H21NO4/c1-3-23-19(22)14(2)24-17-11-9-16(10-12-17)18(21)20-13-15-7-5-4-6-8-15/h4-12,14H,3,13H2,1-2H3,(H,20,21). The molecule has 1 atom stereocenters. The molecule has 5 nitrogen and oxygen atoms in total. The summed E-state index contributed by atoms with van der Waals surface area (Å²) in [5.41, 5.74) is 1.57. The molecule has 126 valence electrons. The lowest BCUT2D eigenvalue weighted by molar-refractivity contribution is -0.150. The molecule has 24 heavy (non-hydrogen) atoms. The SMILES string of the molecule is CCOC(=O)C(C)Oc1ccc(C(=O)NCc2ccccc2)cc1. The maximum absolute atomic E-state index is 12.1. The molecule has 0 aliphatic heterocycles. The number of hydrogen-bond donors (Lipinski definition) is 1. The van der Waals surface area contributed by atoms with Gasteiger partial charge in [-0.2, -0.15) is 0 Å². The summed E-state index contributed by atoms with van der Waals surface area (Å²) >= 11 is 0. The van der Waals surface area contributed by atoms with Crippen molar-refractivity contribution in [2.24, 2.45) is 0 Å². The topological polar surface area (TPSA) is 64.6 Å². The molecule has 0 bridgehead atoms. The van der Waals surface area contributed by atoms with Gasteiger partial charge in [0.05, 0.1) is 6.61 Å². The predicted molar refractivity (Wildman–Crippen MR) is 90.8 cm³/mol. The van der Waals surface area contributed by atoms with Crippen LogP contribution in [0.3, 0.4) is 0 Å². The lowest BCUT2D eigenvalue weighted by Gasteiger charge is -2.13. The van der Waals surface area contributed by atoms with Crippen LogP contribution in [0.2, 0.25) is 0 Å². The van der Waals surface area contributed by atoms with E-state index in [1.165, 1.54) is 0 Å². The van der Waals surface area contributed by atoms with E-state index in [0.29, 0.717) is 24.5 Å². The van der Waals surface area contributed by atoms with Gasteiger partial charge in [0.15, 0.2) is 6.10 Å². The number of carbonyl (C=O) groups is 2. The van der Waals surface area contributed by atoms with E-state index in [4.69, 9.17) is 9.47 Å². The van der Waals surface area contributed by atoms with Gasteiger partial charge in [0.1, 0.15) is 5.75 Å². The molecule has 2 rings (SSSR count). The first-order chi connectivity index (χ1) is 11.6. The van der Waals surface area contributed by atoms with Gasteiger partial charge in [-0.1, -0.05) is 30.3 Å². The third kappa shape index (κ3) is 5.12. The number of carbonyl (C=O) groups excluding carboxylic acids is 2. The van der Waals surface area contributed by atoms with E-state index >= 15 is 0 Å². The van der Waals surface area contributed by atoms with Crippen molar-refractivity contribution < 1.29 is 19.1 Å². The van der Waals surface area contributed by atoms with Crippen molar-refractivity contribution in [1.29, 1.82) is 0 Å². The molecule has 0 heterocycles. The van der Waals surface area contributed by atoms with Gasteiger partial charge in [-0.15, -0.1) is 0 Å². The normalized spacial score (nSPS) is 11.4. The Morgan fingerprint density at radius 1 is 1.04 bits per heavy atom. The minimum atomic E-state index is -0.692. The number of benzene rings is 2. The number of ether oxygens (including phenoxy) is 2. The van der Waals surface area contributed by atoms with Gasteiger partial charge < -0.3 is 14.8 Å². The van der Waals surface area contributed by atoms with Crippen LogP contribution in [-0.2, 0) is 16.1 Å². The fraction of sp³-hybridized carbons (Fsp3) is 0.263. The van der Waals surface area contributed by atoms with Crippen molar-refractivity contribution in [3.8, 4) is 5.75 Å². The van der Waals surface area contributed by atoms with Gasteiger partial charge in [0.2, 0.25) is 0 Å². The highest BCUT2D eigenvalue weighted by Crippen LogP contribution is 2.14. The first-order valence-corrected chi connectivity index (χ1v) is 7.85. The van der Waals surface area contributed by atoms with Crippen LogP contribution in [-0.4, -0.2) is 24.6 Å². The molecule has 2 aromatic rings. The molecule has 0 fully saturated rings. The summed E-state index contributed by atoms with van der Waals surface area (Å²) < 4.78 is 10.4. The second kappa shape index (κ2) is 8.72. The van der Waals surface area contributed by atoms with Crippen molar-refractivity contribution in [1.82, 2.24) is 5.32 Å². The average Bonchev–Trinajstić information content (AvgIpc) is 2.61. The summed E-state index contributed by atoms with van der Waals surface area (Å²) in [6.45, 7) is 4.15. The molecule has 5 heteroatoms. The summed E-state index contributed by atoms with van der Waals surface area (Å²) in [7, 11) is 0. The fourth-order valence-electron chi connectivity index (χ4n) is 2.08. The molecule has 1 N–H and O–H groups in total. The zero-order valence-corrected chi connectivity index (χ0v) is 13.8. The monoisotopic (exact) mass is 327 g/mol. The second-order valence-corrected chi connectivity index (χ2v) is 5.20. The Bertz CT molecular complexity index is 668. The number of rotatable bonds is 7. The number of amides is 1. The minimum absolute atomic E-state index is 0.163. The molecule has 0 aliphatic rings. The van der Waals surface area contributed by atoms with Crippen LogP contribution in [0.1, 0.15) is 29.8 Å². The van der Waals surface area contributed by atoms with Crippen molar-refractivity contribution in [3.63, 3.8) is 0 Å². The summed E-state index contributed by atoms with van der Waals surface area (Å²) in [5, 5.41) is 2.86. The molecular formula is C19H21NO4. The Hall–Kier alpha value is -2.82. The van der Waals surface area contributed by atoms with Crippen molar-refractivity contribution in [3.05, 3.63) is 65.7 Å². The maximum atomic E-state index is 12.1. The highest BCUT2D eigenvalue weighted by atomic mass is 16.6. The van der Waals surface area contributed by atoms with E-state index in [0.717, 1.165) is 5.56 Å². The smallest absolute Gasteiger partial charge is 0.347 e. The Kier molecular flexibility index (Phi) is 6.37. The predicted octanol–water partition coefficient (Wildman–Crippen LogP) is 2.95. The Balaban J connectivity index is 1.89. The Morgan fingerprint density at radius 3 is 2.33 bits per heavy atom. The van der Waals surface area contributed by atoms with Gasteiger partial charge in [0.25, 0.3) is 5.91 Å². The highest BCUT2D eigenvalue weighted by molar-refractivity contribution is 5.94. The zero-order chi connectivity index (χ0) is 17.4. The number of hydrogen-bond acceptors (Lipinski definition) is 4. The molecule has 0 aromatic heterocycles. The highest BCUT2D eigenvalue weighted by Gasteiger charge is 2.15. The van der Waals surface area contributed by atoms with E-state index < -0.39 is 12.1 Å². The van der Waals surface area contributed by atoms with Gasteiger partial charge in [-0.05, 0) is 43.7 Å². The lowest BCUT2D eigenvalue weighted by Crippen LogP contribution is -2.26. The van der Waals surface area contributed by atoms with E-state index in [-0.39, 0.29) is 5.91 Å². The molecular weight excluding hydrogens is 306 g/mol. The molecule has 0 spiro atoms. The quantitative estimate of drug-likeness (QED) is 0.794. The zero-order valence-electron chi connectivity index (χ0n) is 13.8. The third-order valence-corrected chi connectivity index (χ3v) is 3.34. The van der Waals surface area contributed by atoms with Crippen LogP contribution >= 0.6 is 0 Å². The van der Waals surface area contributed by atoms with Gasteiger partial charge in [-0.25, -0.2) is 4.79 Å². The number of nitrogens with one attached hydrogen (secondary N) is 1. The molecule has 1 amide bonds. The van der Waals surface area contributed by atoms with Crippen molar-refractivity contribution >= 4 is 11.9 Å². The molecule has 2 aromatic carbocycles. The average molecular weight is 327 g/mol. The van der Waals surface area contributed by atoms with Crippen LogP contribution in [0.5, 0.6) is 5.75 Å². The lowest BCUT2D eigenvalue weighted by atomic mass is 10.2. The Labute approximate surface area is 141 Å². The van der Waals surface area contributed by atoms with Crippen LogP contribution < -0.4 is 10.1 Å². The largest absolute Gasteiger partial charge is 0.479 e. The molecule has 0 radical (unpaired) electrons. The maximum Gasteiger partial charge on any atom is 0.347 e. The van der Waals surface area contributed by atoms with Crippen molar-refractivity contribution in [2.45, 2.75) is 26.5 Å². The summed E-state index contributed by atoms with van der Waals surface area (Å²) in [6, 6.07) is 16.3. The number of esters is 1. The summed E-state index contributed by atoms with van der Waals surface area (Å²) in [6.07, 6.45) is -0.692. The molecule has 0 aliphatic carbocycles.